The summed E-state index contributed by atoms with van der Waals surface area (Å²) in [5.41, 5.74) is 5.26. The van der Waals surface area contributed by atoms with E-state index >= 15 is 0 Å². The van der Waals surface area contributed by atoms with Gasteiger partial charge >= 0.3 is 0 Å². The summed E-state index contributed by atoms with van der Waals surface area (Å²) in [6.07, 6.45) is 0. The monoisotopic (exact) mass is 382 g/mol. The van der Waals surface area contributed by atoms with Crippen molar-refractivity contribution >= 4 is 39.1 Å². The lowest BCUT2D eigenvalue weighted by molar-refractivity contribution is 1.09. The first-order valence-electron chi connectivity index (χ1n) is 7.73. The van der Waals surface area contributed by atoms with Gasteiger partial charge < -0.3 is 10.6 Å². The van der Waals surface area contributed by atoms with Gasteiger partial charge in [0.15, 0.2) is 5.82 Å². The van der Waals surface area contributed by atoms with Crippen LogP contribution < -0.4 is 10.6 Å². The van der Waals surface area contributed by atoms with Crippen molar-refractivity contribution in [2.24, 2.45) is 0 Å². The van der Waals surface area contributed by atoms with Crippen molar-refractivity contribution in [2.75, 3.05) is 10.6 Å². The summed E-state index contributed by atoms with van der Waals surface area (Å²) < 4.78 is 0.859. The number of halogens is 1. The molecule has 0 unspecified atom stereocenters. The molecule has 0 saturated carbocycles. The quantitative estimate of drug-likeness (QED) is 0.611. The average Bonchev–Trinajstić information content (AvgIpc) is 2.56. The van der Waals surface area contributed by atoms with Gasteiger partial charge in [-0.2, -0.15) is 4.98 Å². The van der Waals surface area contributed by atoms with Crippen molar-refractivity contribution in [3.8, 4) is 0 Å². The van der Waals surface area contributed by atoms with Crippen LogP contribution in [-0.2, 0) is 0 Å². The largest absolute Gasteiger partial charge is 0.339 e. The Kier molecular flexibility index (Phi) is 4.81. The van der Waals surface area contributed by atoms with Crippen LogP contribution in [0.5, 0.6) is 0 Å². The molecule has 0 saturated heterocycles. The molecule has 4 nitrogen and oxygen atoms in total. The van der Waals surface area contributed by atoms with Gasteiger partial charge in [-0.25, -0.2) is 4.98 Å². The molecule has 0 radical (unpaired) electrons. The molecule has 0 bridgehead atoms. The SMILES string of the molecule is Cc1ccc(Nc2nc(C)c(Br)c(Nc3ccc(C)cc3)n2)cc1. The first kappa shape index (κ1) is 16.5. The van der Waals surface area contributed by atoms with Crippen LogP contribution >= 0.6 is 15.9 Å². The molecule has 3 aromatic rings. The zero-order chi connectivity index (χ0) is 17.1. The fourth-order valence-corrected chi connectivity index (χ4v) is 2.51. The smallest absolute Gasteiger partial charge is 0.229 e. The van der Waals surface area contributed by atoms with Gasteiger partial charge in [0, 0.05) is 11.4 Å². The lowest BCUT2D eigenvalue weighted by atomic mass is 10.2. The third-order valence-electron chi connectivity index (χ3n) is 3.64. The fraction of sp³-hybridized carbons (Fsp3) is 0.158. The van der Waals surface area contributed by atoms with Crippen LogP contribution in [0.3, 0.4) is 0 Å². The minimum absolute atomic E-state index is 0.564. The van der Waals surface area contributed by atoms with Gasteiger partial charge in [-0.15, -0.1) is 0 Å². The van der Waals surface area contributed by atoms with E-state index in [0.29, 0.717) is 5.95 Å². The lowest BCUT2D eigenvalue weighted by Gasteiger charge is -2.12. The van der Waals surface area contributed by atoms with E-state index in [4.69, 9.17) is 0 Å². The van der Waals surface area contributed by atoms with Gasteiger partial charge in [-0.05, 0) is 61.0 Å². The van der Waals surface area contributed by atoms with Crippen LogP contribution in [0, 0.1) is 20.8 Å². The van der Waals surface area contributed by atoms with Crippen molar-refractivity contribution < 1.29 is 0 Å². The molecule has 0 aliphatic rings. The molecule has 0 aliphatic carbocycles. The van der Waals surface area contributed by atoms with Crippen molar-refractivity contribution in [3.63, 3.8) is 0 Å². The van der Waals surface area contributed by atoms with E-state index in [0.717, 1.165) is 27.4 Å². The van der Waals surface area contributed by atoms with Crippen molar-refractivity contribution in [2.45, 2.75) is 20.8 Å². The number of aromatic nitrogens is 2. The van der Waals surface area contributed by atoms with E-state index < -0.39 is 0 Å². The maximum absolute atomic E-state index is 4.59. The Labute approximate surface area is 150 Å². The van der Waals surface area contributed by atoms with Crippen LogP contribution in [0.15, 0.2) is 53.0 Å². The highest BCUT2D eigenvalue weighted by molar-refractivity contribution is 9.10. The van der Waals surface area contributed by atoms with Crippen LogP contribution in [-0.4, -0.2) is 9.97 Å². The predicted molar refractivity (Wildman–Crippen MR) is 103 cm³/mol. The normalized spacial score (nSPS) is 10.5. The third kappa shape index (κ3) is 3.92. The molecule has 1 heterocycles. The summed E-state index contributed by atoms with van der Waals surface area (Å²) in [6.45, 7) is 6.08. The zero-order valence-corrected chi connectivity index (χ0v) is 15.5. The van der Waals surface area contributed by atoms with E-state index in [9.17, 15) is 0 Å². The second kappa shape index (κ2) is 7.01. The summed E-state index contributed by atoms with van der Waals surface area (Å²) >= 11 is 3.57. The summed E-state index contributed by atoms with van der Waals surface area (Å²) in [4.78, 5) is 9.09. The molecule has 122 valence electrons. The molecular formula is C19H19BrN4. The van der Waals surface area contributed by atoms with E-state index in [1.165, 1.54) is 11.1 Å². The van der Waals surface area contributed by atoms with Gasteiger partial charge in [-0.3, -0.25) is 0 Å². The molecule has 0 amide bonds. The molecule has 0 aliphatic heterocycles. The van der Waals surface area contributed by atoms with Crippen LogP contribution in [0.1, 0.15) is 16.8 Å². The second-order valence-electron chi connectivity index (χ2n) is 5.78. The summed E-state index contributed by atoms with van der Waals surface area (Å²) in [6, 6.07) is 16.3. The molecule has 2 aromatic carbocycles. The molecule has 0 spiro atoms. The molecular weight excluding hydrogens is 364 g/mol. The van der Waals surface area contributed by atoms with Crippen LogP contribution in [0.4, 0.5) is 23.1 Å². The Balaban J connectivity index is 1.87. The van der Waals surface area contributed by atoms with E-state index in [1.54, 1.807) is 0 Å². The third-order valence-corrected chi connectivity index (χ3v) is 4.59. The summed E-state index contributed by atoms with van der Waals surface area (Å²) in [5.74, 6) is 1.30. The number of anilines is 4. The minimum Gasteiger partial charge on any atom is -0.339 e. The topological polar surface area (TPSA) is 49.8 Å². The Morgan fingerprint density at radius 3 is 1.75 bits per heavy atom. The number of aryl methyl sites for hydroxylation is 3. The van der Waals surface area contributed by atoms with Crippen molar-refractivity contribution in [1.82, 2.24) is 9.97 Å². The highest BCUT2D eigenvalue weighted by Crippen LogP contribution is 2.28. The highest BCUT2D eigenvalue weighted by Gasteiger charge is 2.10. The lowest BCUT2D eigenvalue weighted by Crippen LogP contribution is -2.04. The maximum atomic E-state index is 4.59. The summed E-state index contributed by atoms with van der Waals surface area (Å²) in [5, 5.41) is 6.59. The van der Waals surface area contributed by atoms with E-state index in [1.807, 2.05) is 31.2 Å². The number of benzene rings is 2. The standard InChI is InChI=1S/C19H19BrN4/c1-12-4-8-15(9-5-12)22-18-17(20)14(3)21-19(24-18)23-16-10-6-13(2)7-11-16/h4-11H,1-3H3,(H2,21,22,23,24). The second-order valence-corrected chi connectivity index (χ2v) is 6.57. The van der Waals surface area contributed by atoms with Gasteiger partial charge in [0.1, 0.15) is 0 Å². The number of hydrogen-bond donors (Lipinski definition) is 2. The van der Waals surface area contributed by atoms with Crippen LogP contribution in [0.25, 0.3) is 0 Å². The Hall–Kier alpha value is -2.40. The first-order chi connectivity index (χ1) is 11.5. The fourth-order valence-electron chi connectivity index (χ4n) is 2.24. The molecule has 0 atom stereocenters. The first-order valence-corrected chi connectivity index (χ1v) is 8.52. The molecule has 0 fully saturated rings. The molecule has 24 heavy (non-hydrogen) atoms. The van der Waals surface area contributed by atoms with Crippen LogP contribution in [0.2, 0.25) is 0 Å². The molecule has 2 N–H and O–H groups in total. The van der Waals surface area contributed by atoms with Crippen molar-refractivity contribution in [1.29, 1.82) is 0 Å². The number of hydrogen-bond acceptors (Lipinski definition) is 4. The summed E-state index contributed by atoms with van der Waals surface area (Å²) in [7, 11) is 0. The predicted octanol–water partition coefficient (Wildman–Crippen LogP) is 5.65. The molecule has 3 rings (SSSR count). The van der Waals surface area contributed by atoms with Gasteiger partial charge in [-0.1, -0.05) is 35.4 Å². The molecule has 5 heteroatoms. The van der Waals surface area contributed by atoms with Gasteiger partial charge in [0.05, 0.1) is 10.2 Å². The minimum atomic E-state index is 0.564. The van der Waals surface area contributed by atoms with Gasteiger partial charge in [0.2, 0.25) is 5.95 Å². The molecule has 1 aromatic heterocycles. The zero-order valence-electron chi connectivity index (χ0n) is 13.9. The highest BCUT2D eigenvalue weighted by atomic mass is 79.9. The number of rotatable bonds is 4. The average molecular weight is 383 g/mol. The number of nitrogens with zero attached hydrogens (tertiary/aromatic N) is 2. The Morgan fingerprint density at radius 1 is 0.708 bits per heavy atom. The van der Waals surface area contributed by atoms with Crippen molar-refractivity contribution in [3.05, 3.63) is 69.8 Å². The van der Waals surface area contributed by atoms with E-state index in [-0.39, 0.29) is 0 Å². The van der Waals surface area contributed by atoms with Gasteiger partial charge in [0.25, 0.3) is 0 Å². The maximum Gasteiger partial charge on any atom is 0.229 e. The Bertz CT molecular complexity index is 842. The Morgan fingerprint density at radius 2 is 1.21 bits per heavy atom. The number of nitrogens with one attached hydrogen (secondary N) is 2. The van der Waals surface area contributed by atoms with E-state index in [2.05, 4.69) is 74.6 Å².